The molecule has 1 saturated heterocycles. The molecule has 2 heterocycles. The molecule has 2 aromatic rings. The van der Waals surface area contributed by atoms with E-state index >= 15 is 0 Å². The Hall–Kier alpha value is -2.72. The maximum absolute atomic E-state index is 12.7. The van der Waals surface area contributed by atoms with Gasteiger partial charge in [-0.25, -0.2) is 17.9 Å². The van der Waals surface area contributed by atoms with Gasteiger partial charge in [-0.3, -0.25) is 4.79 Å². The number of sulfonamides is 1. The number of benzene rings is 1. The van der Waals surface area contributed by atoms with Crippen molar-refractivity contribution in [3.8, 4) is 0 Å². The van der Waals surface area contributed by atoms with Crippen LogP contribution < -0.4 is 5.32 Å². The van der Waals surface area contributed by atoms with Crippen molar-refractivity contribution in [1.29, 1.82) is 0 Å². The van der Waals surface area contributed by atoms with E-state index in [0.717, 1.165) is 12.8 Å². The van der Waals surface area contributed by atoms with Gasteiger partial charge in [0.15, 0.2) is 6.10 Å². The van der Waals surface area contributed by atoms with E-state index in [0.29, 0.717) is 18.9 Å². The molecule has 1 aliphatic heterocycles. The Balaban J connectivity index is 1.68. The van der Waals surface area contributed by atoms with Crippen LogP contribution in [0.15, 0.2) is 41.4 Å². The summed E-state index contributed by atoms with van der Waals surface area (Å²) in [7, 11) is -3.65. The standard InChI is InChI=1S/C20H26N4O5S/c1-14(2)24-18(9-10-21-24)22-19(25)15(3)29-20(26)16-7-6-8-17(13-16)30(27,28)23-11-4-5-12-23/h6-10,13-15H,4-5,11-12H2,1-3H3,(H,22,25)/t15-/m0/s1. The fraction of sp³-hybridized carbons (Fsp3) is 0.450. The van der Waals surface area contributed by atoms with Crippen LogP contribution >= 0.6 is 0 Å². The van der Waals surface area contributed by atoms with Crippen molar-refractivity contribution in [2.45, 2.75) is 50.7 Å². The third-order valence-corrected chi connectivity index (χ3v) is 6.73. The quantitative estimate of drug-likeness (QED) is 0.670. The molecule has 0 saturated carbocycles. The Bertz CT molecular complexity index is 1030. The van der Waals surface area contributed by atoms with Gasteiger partial charge in [0.05, 0.1) is 16.7 Å². The Kier molecular flexibility index (Phi) is 6.57. The Morgan fingerprint density at radius 3 is 2.50 bits per heavy atom. The number of hydrogen-bond donors (Lipinski definition) is 1. The lowest BCUT2D eigenvalue weighted by Crippen LogP contribution is -2.31. The van der Waals surface area contributed by atoms with Crippen LogP contribution in [0.2, 0.25) is 0 Å². The summed E-state index contributed by atoms with van der Waals surface area (Å²) in [6, 6.07) is 7.39. The molecule has 0 radical (unpaired) electrons. The van der Waals surface area contributed by atoms with Gasteiger partial charge in [0.25, 0.3) is 5.91 Å². The first-order valence-corrected chi connectivity index (χ1v) is 11.3. The minimum Gasteiger partial charge on any atom is -0.449 e. The molecular weight excluding hydrogens is 408 g/mol. The van der Waals surface area contributed by atoms with Crippen LogP contribution in [0.3, 0.4) is 0 Å². The third kappa shape index (κ3) is 4.71. The van der Waals surface area contributed by atoms with Crippen molar-refractivity contribution >= 4 is 27.7 Å². The van der Waals surface area contributed by atoms with Gasteiger partial charge >= 0.3 is 5.97 Å². The lowest BCUT2D eigenvalue weighted by Gasteiger charge is -2.17. The Morgan fingerprint density at radius 1 is 1.13 bits per heavy atom. The summed E-state index contributed by atoms with van der Waals surface area (Å²) < 4.78 is 33.7. The number of hydrogen-bond acceptors (Lipinski definition) is 6. The van der Waals surface area contributed by atoms with Crippen molar-refractivity contribution < 1.29 is 22.7 Å². The third-order valence-electron chi connectivity index (χ3n) is 4.84. The van der Waals surface area contributed by atoms with Crippen LogP contribution in [0.1, 0.15) is 50.0 Å². The smallest absolute Gasteiger partial charge is 0.338 e. The fourth-order valence-corrected chi connectivity index (χ4v) is 4.76. The molecule has 1 aromatic carbocycles. The van der Waals surface area contributed by atoms with Gasteiger partial charge < -0.3 is 10.1 Å². The van der Waals surface area contributed by atoms with E-state index in [4.69, 9.17) is 4.74 Å². The predicted molar refractivity (Wildman–Crippen MR) is 111 cm³/mol. The highest BCUT2D eigenvalue weighted by atomic mass is 32.2. The summed E-state index contributed by atoms with van der Waals surface area (Å²) in [6.07, 6.45) is 2.14. The minimum absolute atomic E-state index is 0.0387. The second-order valence-corrected chi connectivity index (χ2v) is 9.37. The van der Waals surface area contributed by atoms with Crippen molar-refractivity contribution in [2.75, 3.05) is 18.4 Å². The molecule has 30 heavy (non-hydrogen) atoms. The molecule has 1 atom stereocenters. The number of rotatable bonds is 7. The van der Waals surface area contributed by atoms with Crippen LogP contribution in [-0.4, -0.2) is 53.6 Å². The number of esters is 1. The zero-order valence-corrected chi connectivity index (χ0v) is 18.1. The summed E-state index contributed by atoms with van der Waals surface area (Å²) >= 11 is 0. The first-order chi connectivity index (χ1) is 14.2. The molecule has 0 bridgehead atoms. The van der Waals surface area contributed by atoms with Gasteiger partial charge in [-0.1, -0.05) is 6.07 Å². The van der Waals surface area contributed by atoms with Crippen molar-refractivity contribution in [2.24, 2.45) is 0 Å². The summed E-state index contributed by atoms with van der Waals surface area (Å²) in [4.78, 5) is 25.0. The maximum Gasteiger partial charge on any atom is 0.338 e. The molecule has 1 amide bonds. The summed E-state index contributed by atoms with van der Waals surface area (Å²) in [5, 5.41) is 6.82. The van der Waals surface area contributed by atoms with Crippen molar-refractivity contribution in [3.63, 3.8) is 0 Å². The number of aromatic nitrogens is 2. The van der Waals surface area contributed by atoms with Crippen LogP contribution in [0.5, 0.6) is 0 Å². The molecular formula is C20H26N4O5S. The van der Waals surface area contributed by atoms with Gasteiger partial charge in [-0.05, 0) is 51.8 Å². The van der Waals surface area contributed by atoms with Crippen LogP contribution in [0.4, 0.5) is 5.82 Å². The highest BCUT2D eigenvalue weighted by Crippen LogP contribution is 2.22. The van der Waals surface area contributed by atoms with E-state index in [1.54, 1.807) is 16.9 Å². The van der Waals surface area contributed by atoms with Gasteiger partial charge in [-0.2, -0.15) is 9.40 Å². The number of nitrogens with one attached hydrogen (secondary N) is 1. The lowest BCUT2D eigenvalue weighted by molar-refractivity contribution is -0.123. The molecule has 1 aliphatic rings. The van der Waals surface area contributed by atoms with Gasteiger partial charge in [0.1, 0.15) is 5.82 Å². The molecule has 9 nitrogen and oxygen atoms in total. The highest BCUT2D eigenvalue weighted by molar-refractivity contribution is 7.89. The molecule has 0 unspecified atom stereocenters. The van der Waals surface area contributed by atoms with Gasteiger partial charge in [0.2, 0.25) is 10.0 Å². The number of carbonyl (C=O) groups excluding carboxylic acids is 2. The molecule has 3 rings (SSSR count). The Morgan fingerprint density at radius 2 is 1.83 bits per heavy atom. The average molecular weight is 435 g/mol. The molecule has 162 valence electrons. The largest absolute Gasteiger partial charge is 0.449 e. The van der Waals surface area contributed by atoms with E-state index in [2.05, 4.69) is 10.4 Å². The SMILES string of the molecule is CC(C)n1nccc1NC(=O)[C@H](C)OC(=O)c1cccc(S(=O)(=O)N2CCCC2)c1. The minimum atomic E-state index is -3.65. The van der Waals surface area contributed by atoms with Crippen molar-refractivity contribution in [1.82, 2.24) is 14.1 Å². The first kappa shape index (κ1) is 22.0. The summed E-state index contributed by atoms with van der Waals surface area (Å²) in [6.45, 7) is 6.25. The number of ether oxygens (including phenoxy) is 1. The number of amides is 1. The van der Waals surface area contributed by atoms with E-state index in [-0.39, 0.29) is 16.5 Å². The topological polar surface area (TPSA) is 111 Å². The van der Waals surface area contributed by atoms with Gasteiger partial charge in [0, 0.05) is 25.2 Å². The first-order valence-electron chi connectivity index (χ1n) is 9.85. The zero-order valence-electron chi connectivity index (χ0n) is 17.2. The molecule has 0 spiro atoms. The monoisotopic (exact) mass is 434 g/mol. The highest BCUT2D eigenvalue weighted by Gasteiger charge is 2.28. The van der Waals surface area contributed by atoms with Crippen LogP contribution in [-0.2, 0) is 19.6 Å². The van der Waals surface area contributed by atoms with E-state index in [1.165, 1.54) is 35.5 Å². The van der Waals surface area contributed by atoms with E-state index < -0.39 is 28.0 Å². The molecule has 0 aliphatic carbocycles. The average Bonchev–Trinajstić information content (AvgIpc) is 3.40. The normalized spacial score (nSPS) is 15.9. The molecule has 1 N–H and O–H groups in total. The zero-order chi connectivity index (χ0) is 21.9. The molecule has 1 fully saturated rings. The fourth-order valence-electron chi connectivity index (χ4n) is 3.20. The second-order valence-electron chi connectivity index (χ2n) is 7.43. The van der Waals surface area contributed by atoms with Crippen molar-refractivity contribution in [3.05, 3.63) is 42.1 Å². The summed E-state index contributed by atoms with van der Waals surface area (Å²) in [5.74, 6) is -0.781. The van der Waals surface area contributed by atoms with E-state index in [9.17, 15) is 18.0 Å². The van der Waals surface area contributed by atoms with Gasteiger partial charge in [-0.15, -0.1) is 0 Å². The number of anilines is 1. The second kappa shape index (κ2) is 8.97. The lowest BCUT2D eigenvalue weighted by atomic mass is 10.2. The summed E-state index contributed by atoms with van der Waals surface area (Å²) in [5.41, 5.74) is 0.0714. The maximum atomic E-state index is 12.7. The number of carbonyl (C=O) groups is 2. The van der Waals surface area contributed by atoms with E-state index in [1.807, 2.05) is 13.8 Å². The number of nitrogens with zero attached hydrogens (tertiary/aromatic N) is 3. The molecule has 1 aromatic heterocycles. The Labute approximate surface area is 176 Å². The predicted octanol–water partition coefficient (Wildman–Crippen LogP) is 2.43. The van der Waals surface area contributed by atoms with Crippen LogP contribution in [0.25, 0.3) is 0 Å². The van der Waals surface area contributed by atoms with Crippen LogP contribution in [0, 0.1) is 0 Å². The molecule has 10 heteroatoms.